The molecule has 0 amide bonds. The quantitative estimate of drug-likeness (QED) is 0.610. The normalized spacial score (nSPS) is 14.4. The minimum Gasteiger partial charge on any atom is -0.376 e. The maximum Gasteiger partial charge on any atom is 0.421 e. The Labute approximate surface area is 144 Å². The molecule has 1 nitrogen and oxygen atoms in total. The molecular formula is C21H19F3O. The molecule has 0 saturated carbocycles. The van der Waals surface area contributed by atoms with Crippen molar-refractivity contribution in [2.24, 2.45) is 0 Å². The first-order valence-electron chi connectivity index (χ1n) is 8.24. The van der Waals surface area contributed by atoms with Gasteiger partial charge in [-0.25, -0.2) is 0 Å². The number of halogens is 3. The Kier molecular flexibility index (Phi) is 4.56. The molecule has 0 radical (unpaired) electrons. The monoisotopic (exact) mass is 344 g/mol. The first-order valence-corrected chi connectivity index (χ1v) is 8.24. The maximum atomic E-state index is 13.4. The van der Waals surface area contributed by atoms with E-state index in [0.29, 0.717) is 0 Å². The molecule has 1 N–H and O–H groups in total. The van der Waals surface area contributed by atoms with Crippen molar-refractivity contribution in [2.45, 2.75) is 31.5 Å². The van der Waals surface area contributed by atoms with Crippen LogP contribution in [0.3, 0.4) is 0 Å². The van der Waals surface area contributed by atoms with Gasteiger partial charge in [-0.05, 0) is 33.9 Å². The molecule has 3 rings (SSSR count). The molecule has 3 aromatic carbocycles. The average Bonchev–Trinajstić information content (AvgIpc) is 2.60. The number of aliphatic hydroxyl groups is 1. The Morgan fingerprint density at radius 3 is 2.12 bits per heavy atom. The number of hydrogen-bond acceptors (Lipinski definition) is 1. The fourth-order valence-corrected chi connectivity index (χ4v) is 3.21. The minimum absolute atomic E-state index is 0.120. The van der Waals surface area contributed by atoms with Gasteiger partial charge in [0.05, 0.1) is 0 Å². The van der Waals surface area contributed by atoms with E-state index in [9.17, 15) is 18.3 Å². The summed E-state index contributed by atoms with van der Waals surface area (Å²) in [5, 5.41) is 12.3. The fourth-order valence-electron chi connectivity index (χ4n) is 3.21. The lowest BCUT2D eigenvalue weighted by molar-refractivity contribution is -0.269. The highest BCUT2D eigenvalue weighted by atomic mass is 19.4. The summed E-state index contributed by atoms with van der Waals surface area (Å²) in [5.41, 5.74) is -1.15. The van der Waals surface area contributed by atoms with E-state index in [4.69, 9.17) is 0 Å². The second-order valence-electron chi connectivity index (χ2n) is 6.21. The molecule has 0 heterocycles. The number of hydrogen-bond donors (Lipinski definition) is 1. The summed E-state index contributed by atoms with van der Waals surface area (Å²) in [6.07, 6.45) is -4.82. The topological polar surface area (TPSA) is 20.2 Å². The fraction of sp³-hybridized carbons (Fsp3) is 0.238. The van der Waals surface area contributed by atoms with Crippen molar-refractivity contribution in [1.82, 2.24) is 0 Å². The van der Waals surface area contributed by atoms with Crippen LogP contribution in [0.15, 0.2) is 66.7 Å². The van der Waals surface area contributed by atoms with Gasteiger partial charge >= 0.3 is 6.18 Å². The molecule has 0 aliphatic heterocycles. The van der Waals surface area contributed by atoms with Gasteiger partial charge in [0.25, 0.3) is 0 Å². The summed E-state index contributed by atoms with van der Waals surface area (Å²) < 4.78 is 40.1. The summed E-state index contributed by atoms with van der Waals surface area (Å²) in [7, 11) is 0. The second kappa shape index (κ2) is 6.52. The summed E-state index contributed by atoms with van der Waals surface area (Å²) in [6.45, 7) is 1.63. The van der Waals surface area contributed by atoms with E-state index in [1.807, 2.05) is 42.5 Å². The lowest BCUT2D eigenvalue weighted by Gasteiger charge is -2.30. The third-order valence-corrected chi connectivity index (χ3v) is 4.54. The Morgan fingerprint density at radius 2 is 1.48 bits per heavy atom. The number of benzene rings is 3. The molecule has 1 atom stereocenters. The largest absolute Gasteiger partial charge is 0.421 e. The molecule has 0 bridgehead atoms. The van der Waals surface area contributed by atoms with Crippen molar-refractivity contribution in [2.75, 3.05) is 0 Å². The van der Waals surface area contributed by atoms with Gasteiger partial charge in [-0.15, -0.1) is 0 Å². The molecule has 0 fully saturated rings. The molecule has 130 valence electrons. The van der Waals surface area contributed by atoms with E-state index in [1.165, 1.54) is 12.1 Å². The molecule has 1 unspecified atom stereocenters. The molecule has 0 aromatic heterocycles. The molecule has 0 spiro atoms. The molecule has 4 heteroatoms. The zero-order chi connectivity index (χ0) is 18.1. The smallest absolute Gasteiger partial charge is 0.376 e. The molecule has 0 aliphatic carbocycles. The minimum atomic E-state index is -4.70. The van der Waals surface area contributed by atoms with E-state index >= 15 is 0 Å². The van der Waals surface area contributed by atoms with Gasteiger partial charge in [0.1, 0.15) is 0 Å². The highest BCUT2D eigenvalue weighted by Crippen LogP contribution is 2.43. The van der Waals surface area contributed by atoms with Crippen LogP contribution < -0.4 is 0 Å². The highest BCUT2D eigenvalue weighted by molar-refractivity contribution is 5.96. The molecule has 3 aromatic rings. The Bertz CT molecular complexity index is 863. The number of rotatable bonds is 4. The van der Waals surface area contributed by atoms with Gasteiger partial charge in [-0.3, -0.25) is 0 Å². The van der Waals surface area contributed by atoms with Gasteiger partial charge < -0.3 is 5.11 Å². The van der Waals surface area contributed by atoms with Crippen molar-refractivity contribution in [1.29, 1.82) is 0 Å². The van der Waals surface area contributed by atoms with Crippen LogP contribution in [0.2, 0.25) is 0 Å². The van der Waals surface area contributed by atoms with Crippen molar-refractivity contribution in [3.8, 4) is 11.1 Å². The highest BCUT2D eigenvalue weighted by Gasteiger charge is 2.54. The van der Waals surface area contributed by atoms with Gasteiger partial charge in [0.15, 0.2) is 5.60 Å². The van der Waals surface area contributed by atoms with E-state index in [-0.39, 0.29) is 18.4 Å². The van der Waals surface area contributed by atoms with Crippen LogP contribution in [0.25, 0.3) is 21.9 Å². The maximum absolute atomic E-state index is 13.4. The van der Waals surface area contributed by atoms with Gasteiger partial charge in [0.2, 0.25) is 0 Å². The third kappa shape index (κ3) is 3.14. The lowest BCUT2D eigenvalue weighted by atomic mass is 9.87. The van der Waals surface area contributed by atoms with Gasteiger partial charge in [-0.2, -0.15) is 13.2 Å². The summed E-state index contributed by atoms with van der Waals surface area (Å²) in [5.74, 6) is 0. The van der Waals surface area contributed by atoms with E-state index in [2.05, 4.69) is 0 Å². The van der Waals surface area contributed by atoms with Crippen LogP contribution >= 0.6 is 0 Å². The van der Waals surface area contributed by atoms with Crippen molar-refractivity contribution < 1.29 is 18.3 Å². The van der Waals surface area contributed by atoms with E-state index < -0.39 is 11.8 Å². The van der Waals surface area contributed by atoms with Crippen LogP contribution in [0, 0.1) is 0 Å². The van der Waals surface area contributed by atoms with Crippen LogP contribution in [-0.2, 0) is 5.60 Å². The van der Waals surface area contributed by atoms with Crippen LogP contribution in [0.4, 0.5) is 13.2 Å². The zero-order valence-electron chi connectivity index (χ0n) is 13.8. The van der Waals surface area contributed by atoms with Crippen LogP contribution in [0.1, 0.15) is 25.3 Å². The Balaban J connectivity index is 2.05. The van der Waals surface area contributed by atoms with E-state index in [1.54, 1.807) is 19.1 Å². The zero-order valence-corrected chi connectivity index (χ0v) is 13.8. The molecule has 0 saturated heterocycles. The number of fused-ring (bicyclic) bond motifs is 1. The summed E-state index contributed by atoms with van der Waals surface area (Å²) in [4.78, 5) is 0. The molecular weight excluding hydrogens is 325 g/mol. The first-order chi connectivity index (χ1) is 11.9. The first kappa shape index (κ1) is 17.5. The predicted octanol–water partition coefficient (Wildman–Crippen LogP) is 6.06. The average molecular weight is 344 g/mol. The van der Waals surface area contributed by atoms with Gasteiger partial charge in [0, 0.05) is 0 Å². The Morgan fingerprint density at radius 1 is 0.840 bits per heavy atom. The standard InChI is InChI=1S/C21H19F3O/c1-2-14-20(25,21(22,23)24)17-12-10-16(11-13-17)19-9-5-7-15-6-3-4-8-18(15)19/h3-13,25H,2,14H2,1H3. The van der Waals surface area contributed by atoms with Crippen LogP contribution in [-0.4, -0.2) is 11.3 Å². The number of alkyl halides is 3. The van der Waals surface area contributed by atoms with Crippen molar-refractivity contribution in [3.05, 3.63) is 72.3 Å². The summed E-state index contributed by atoms with van der Waals surface area (Å²) >= 11 is 0. The molecule has 25 heavy (non-hydrogen) atoms. The van der Waals surface area contributed by atoms with Crippen molar-refractivity contribution >= 4 is 10.8 Å². The molecule has 0 aliphatic rings. The van der Waals surface area contributed by atoms with Crippen molar-refractivity contribution in [3.63, 3.8) is 0 Å². The third-order valence-electron chi connectivity index (χ3n) is 4.54. The Hall–Kier alpha value is -2.33. The second-order valence-corrected chi connectivity index (χ2v) is 6.21. The SMILES string of the molecule is CCCC(O)(c1ccc(-c2cccc3ccccc23)cc1)C(F)(F)F. The van der Waals surface area contributed by atoms with Crippen LogP contribution in [0.5, 0.6) is 0 Å². The van der Waals surface area contributed by atoms with Gasteiger partial charge in [-0.1, -0.05) is 80.1 Å². The lowest BCUT2D eigenvalue weighted by Crippen LogP contribution is -2.42. The predicted molar refractivity (Wildman–Crippen MR) is 94.2 cm³/mol. The van der Waals surface area contributed by atoms with E-state index in [0.717, 1.165) is 21.9 Å². The summed E-state index contributed by atoms with van der Waals surface area (Å²) in [6, 6.07) is 19.8.